The van der Waals surface area contributed by atoms with Crippen molar-refractivity contribution in [3.63, 3.8) is 0 Å². The van der Waals surface area contributed by atoms with E-state index < -0.39 is 0 Å². The zero-order valence-corrected chi connectivity index (χ0v) is 11.1. The number of nitrogens with zero attached hydrogens (tertiary/aromatic N) is 2. The van der Waals surface area contributed by atoms with E-state index in [0.717, 1.165) is 29.3 Å². The van der Waals surface area contributed by atoms with Crippen LogP contribution in [0, 0.1) is 0 Å². The van der Waals surface area contributed by atoms with E-state index in [1.807, 2.05) is 42.8 Å². The van der Waals surface area contributed by atoms with Gasteiger partial charge in [-0.15, -0.1) is 0 Å². The van der Waals surface area contributed by atoms with E-state index in [-0.39, 0.29) is 0 Å². The highest BCUT2D eigenvalue weighted by atomic mass is 16.5. The van der Waals surface area contributed by atoms with Gasteiger partial charge >= 0.3 is 0 Å². The lowest BCUT2D eigenvalue weighted by molar-refractivity contribution is 0.340. The van der Waals surface area contributed by atoms with Gasteiger partial charge in [0.2, 0.25) is 0 Å². The second-order valence-corrected chi connectivity index (χ2v) is 4.14. The Morgan fingerprint density at radius 3 is 2.72 bits per heavy atom. The van der Waals surface area contributed by atoms with Crippen molar-refractivity contribution in [3.8, 4) is 17.0 Å². The van der Waals surface area contributed by atoms with Crippen LogP contribution in [0.25, 0.3) is 11.3 Å². The Kier molecular flexibility index (Phi) is 3.55. The molecule has 4 nitrogen and oxygen atoms in total. The number of benzene rings is 1. The van der Waals surface area contributed by atoms with Crippen molar-refractivity contribution in [3.05, 3.63) is 30.1 Å². The monoisotopic (exact) mass is 245 g/mol. The van der Waals surface area contributed by atoms with Crippen molar-refractivity contribution < 1.29 is 4.74 Å². The first-order chi connectivity index (χ1) is 8.67. The minimum absolute atomic E-state index is 0.654. The number of aromatic nitrogens is 2. The molecule has 2 aromatic rings. The first-order valence-corrected chi connectivity index (χ1v) is 6.21. The van der Waals surface area contributed by atoms with E-state index in [1.165, 1.54) is 0 Å². The maximum Gasteiger partial charge on any atom is 0.131 e. The quantitative estimate of drug-likeness (QED) is 0.900. The summed E-state index contributed by atoms with van der Waals surface area (Å²) in [5.41, 5.74) is 7.92. The summed E-state index contributed by atoms with van der Waals surface area (Å²) in [5, 5.41) is 0. The number of aryl methyl sites for hydroxylation is 1. The Balaban J connectivity index is 2.45. The molecule has 0 saturated heterocycles. The van der Waals surface area contributed by atoms with Crippen molar-refractivity contribution in [2.75, 3.05) is 12.3 Å². The van der Waals surface area contributed by atoms with Crippen LogP contribution in [-0.2, 0) is 13.5 Å². The van der Waals surface area contributed by atoms with Gasteiger partial charge in [0.25, 0.3) is 0 Å². The summed E-state index contributed by atoms with van der Waals surface area (Å²) in [5.74, 6) is 2.53. The molecule has 1 heterocycles. The molecule has 0 amide bonds. The number of nitrogen functional groups attached to an aromatic ring is 1. The highest BCUT2D eigenvalue weighted by Gasteiger charge is 2.12. The molecule has 0 aliphatic rings. The second-order valence-electron chi connectivity index (χ2n) is 4.14. The summed E-state index contributed by atoms with van der Waals surface area (Å²) < 4.78 is 7.43. The number of anilines is 1. The smallest absolute Gasteiger partial charge is 0.131 e. The van der Waals surface area contributed by atoms with Crippen LogP contribution in [-0.4, -0.2) is 16.2 Å². The summed E-state index contributed by atoms with van der Waals surface area (Å²) in [6.45, 7) is 4.69. The van der Waals surface area contributed by atoms with Gasteiger partial charge < -0.3 is 15.0 Å². The average Bonchev–Trinajstić information content (AvgIpc) is 2.67. The van der Waals surface area contributed by atoms with Crippen LogP contribution in [0.5, 0.6) is 5.75 Å². The molecule has 1 aromatic heterocycles. The third-order valence-corrected chi connectivity index (χ3v) is 2.97. The van der Waals surface area contributed by atoms with Gasteiger partial charge in [0.15, 0.2) is 0 Å². The fraction of sp³-hybridized carbons (Fsp3) is 0.357. The SMILES string of the molecule is CCOc1cccc(-c2nc(CC)n(C)c2N)c1. The minimum atomic E-state index is 0.654. The number of rotatable bonds is 4. The molecule has 2 N–H and O–H groups in total. The number of ether oxygens (including phenoxy) is 1. The molecule has 18 heavy (non-hydrogen) atoms. The molecule has 0 aliphatic heterocycles. The first kappa shape index (κ1) is 12.5. The molecule has 1 aromatic carbocycles. The van der Waals surface area contributed by atoms with E-state index in [1.54, 1.807) is 0 Å². The molecular weight excluding hydrogens is 226 g/mol. The third kappa shape index (κ3) is 2.18. The molecule has 4 heteroatoms. The lowest BCUT2D eigenvalue weighted by Crippen LogP contribution is -2.00. The molecular formula is C14H19N3O. The Hall–Kier alpha value is -1.97. The summed E-state index contributed by atoms with van der Waals surface area (Å²) >= 11 is 0. The van der Waals surface area contributed by atoms with Crippen LogP contribution >= 0.6 is 0 Å². The second kappa shape index (κ2) is 5.12. The van der Waals surface area contributed by atoms with Gasteiger partial charge in [0.1, 0.15) is 23.1 Å². The maximum absolute atomic E-state index is 6.09. The Morgan fingerprint density at radius 1 is 1.33 bits per heavy atom. The molecule has 0 radical (unpaired) electrons. The molecule has 0 unspecified atom stereocenters. The predicted octanol–water partition coefficient (Wildman–Crippen LogP) is 2.63. The van der Waals surface area contributed by atoms with Crippen LogP contribution in [0.3, 0.4) is 0 Å². The van der Waals surface area contributed by atoms with Crippen LogP contribution < -0.4 is 10.5 Å². The van der Waals surface area contributed by atoms with Gasteiger partial charge in [0.05, 0.1) is 6.61 Å². The normalized spacial score (nSPS) is 10.6. The van der Waals surface area contributed by atoms with E-state index in [4.69, 9.17) is 10.5 Å². The standard InChI is InChI=1S/C14H19N3O/c1-4-12-16-13(14(15)17(12)3)10-7-6-8-11(9-10)18-5-2/h6-9H,4-5,15H2,1-3H3. The number of hydrogen-bond donors (Lipinski definition) is 1. The lowest BCUT2D eigenvalue weighted by Gasteiger charge is -2.05. The van der Waals surface area contributed by atoms with E-state index in [0.29, 0.717) is 12.4 Å². The van der Waals surface area contributed by atoms with Crippen molar-refractivity contribution in [1.29, 1.82) is 0 Å². The van der Waals surface area contributed by atoms with E-state index in [2.05, 4.69) is 11.9 Å². The lowest BCUT2D eigenvalue weighted by atomic mass is 10.1. The number of hydrogen-bond acceptors (Lipinski definition) is 3. The molecule has 0 atom stereocenters. The van der Waals surface area contributed by atoms with Gasteiger partial charge in [-0.2, -0.15) is 0 Å². The fourth-order valence-corrected chi connectivity index (χ4v) is 1.99. The van der Waals surface area contributed by atoms with Gasteiger partial charge in [-0.3, -0.25) is 0 Å². The number of imidazole rings is 1. The minimum Gasteiger partial charge on any atom is -0.494 e. The van der Waals surface area contributed by atoms with Gasteiger partial charge in [-0.05, 0) is 19.1 Å². The molecule has 0 saturated carbocycles. The highest BCUT2D eigenvalue weighted by Crippen LogP contribution is 2.28. The molecule has 96 valence electrons. The van der Waals surface area contributed by atoms with Crippen LogP contribution in [0.1, 0.15) is 19.7 Å². The zero-order valence-electron chi connectivity index (χ0n) is 11.1. The summed E-state index contributed by atoms with van der Waals surface area (Å²) in [6, 6.07) is 7.87. The maximum atomic E-state index is 6.09. The average molecular weight is 245 g/mol. The Bertz CT molecular complexity index is 546. The van der Waals surface area contributed by atoms with E-state index in [9.17, 15) is 0 Å². The van der Waals surface area contributed by atoms with Gasteiger partial charge in [0, 0.05) is 19.0 Å². The van der Waals surface area contributed by atoms with Crippen molar-refractivity contribution >= 4 is 5.82 Å². The molecule has 0 bridgehead atoms. The van der Waals surface area contributed by atoms with Gasteiger partial charge in [-0.1, -0.05) is 19.1 Å². The van der Waals surface area contributed by atoms with Crippen LogP contribution in [0.4, 0.5) is 5.82 Å². The zero-order chi connectivity index (χ0) is 13.1. The fourth-order valence-electron chi connectivity index (χ4n) is 1.99. The topological polar surface area (TPSA) is 53.1 Å². The van der Waals surface area contributed by atoms with Crippen molar-refractivity contribution in [1.82, 2.24) is 9.55 Å². The summed E-state index contributed by atoms with van der Waals surface area (Å²) in [4.78, 5) is 4.58. The van der Waals surface area contributed by atoms with Crippen molar-refractivity contribution in [2.45, 2.75) is 20.3 Å². The third-order valence-electron chi connectivity index (χ3n) is 2.97. The van der Waals surface area contributed by atoms with Crippen LogP contribution in [0.15, 0.2) is 24.3 Å². The molecule has 2 rings (SSSR count). The van der Waals surface area contributed by atoms with Crippen molar-refractivity contribution in [2.24, 2.45) is 7.05 Å². The molecule has 0 spiro atoms. The Morgan fingerprint density at radius 2 is 2.11 bits per heavy atom. The summed E-state index contributed by atoms with van der Waals surface area (Å²) in [6.07, 6.45) is 0.867. The predicted molar refractivity (Wildman–Crippen MR) is 73.6 cm³/mol. The van der Waals surface area contributed by atoms with Crippen LogP contribution in [0.2, 0.25) is 0 Å². The highest BCUT2D eigenvalue weighted by molar-refractivity contribution is 5.72. The summed E-state index contributed by atoms with van der Waals surface area (Å²) in [7, 11) is 1.94. The first-order valence-electron chi connectivity index (χ1n) is 6.21. The van der Waals surface area contributed by atoms with Gasteiger partial charge in [-0.25, -0.2) is 4.98 Å². The largest absolute Gasteiger partial charge is 0.494 e. The molecule has 0 aliphatic carbocycles. The van der Waals surface area contributed by atoms with E-state index >= 15 is 0 Å². The Labute approximate surface area is 107 Å². The number of nitrogens with two attached hydrogens (primary N) is 1. The molecule has 0 fully saturated rings.